The molecule has 0 radical (unpaired) electrons. The monoisotopic (exact) mass is 278 g/mol. The molecule has 0 bridgehead atoms. The minimum atomic E-state index is -0.240. The van der Waals surface area contributed by atoms with E-state index in [-0.39, 0.29) is 17.8 Å². The fraction of sp³-hybridized carbons (Fsp3) is 0.562. The predicted octanol–water partition coefficient (Wildman–Crippen LogP) is 2.71. The van der Waals surface area contributed by atoms with Crippen molar-refractivity contribution in [3.63, 3.8) is 0 Å². The minimum absolute atomic E-state index is 0.156. The molecule has 0 aromatic heterocycles. The molecular weight excluding hydrogens is 255 g/mol. The number of nitrogens with zero attached hydrogens (tertiary/aromatic N) is 1. The lowest BCUT2D eigenvalue weighted by Crippen LogP contribution is -2.45. The molecule has 1 heterocycles. The van der Waals surface area contributed by atoms with Gasteiger partial charge in [0.2, 0.25) is 5.91 Å². The summed E-state index contributed by atoms with van der Waals surface area (Å²) in [4.78, 5) is 14.3. The Morgan fingerprint density at radius 2 is 2.00 bits per heavy atom. The number of rotatable bonds is 4. The second kappa shape index (κ2) is 7.39. The van der Waals surface area contributed by atoms with Crippen LogP contribution in [0.2, 0.25) is 0 Å². The SMILES string of the molecule is CC(NCc1cccc(F)c1)C(=O)N1CCCCCC1. The molecular formula is C16H23FN2O. The number of benzene rings is 1. The van der Waals surface area contributed by atoms with Crippen molar-refractivity contribution in [3.05, 3.63) is 35.6 Å². The molecule has 1 atom stereocenters. The lowest BCUT2D eigenvalue weighted by molar-refractivity contribution is -0.133. The maximum Gasteiger partial charge on any atom is 0.239 e. The first-order chi connectivity index (χ1) is 9.66. The predicted molar refractivity (Wildman–Crippen MR) is 77.7 cm³/mol. The summed E-state index contributed by atoms with van der Waals surface area (Å²) >= 11 is 0. The average molecular weight is 278 g/mol. The second-order valence-electron chi connectivity index (χ2n) is 5.47. The first kappa shape index (κ1) is 15.0. The largest absolute Gasteiger partial charge is 0.341 e. The van der Waals surface area contributed by atoms with Crippen molar-refractivity contribution in [2.24, 2.45) is 0 Å². The van der Waals surface area contributed by atoms with E-state index in [1.807, 2.05) is 17.9 Å². The van der Waals surface area contributed by atoms with E-state index >= 15 is 0 Å². The maximum absolute atomic E-state index is 13.1. The van der Waals surface area contributed by atoms with Crippen LogP contribution in [0.4, 0.5) is 4.39 Å². The highest BCUT2D eigenvalue weighted by molar-refractivity contribution is 5.81. The molecule has 0 spiro atoms. The van der Waals surface area contributed by atoms with Gasteiger partial charge in [0.1, 0.15) is 5.82 Å². The standard InChI is InChI=1S/C16H23FN2O/c1-13(16(20)19-9-4-2-3-5-10-19)18-12-14-7-6-8-15(17)11-14/h6-8,11,13,18H,2-5,9-10,12H2,1H3. The van der Waals surface area contributed by atoms with E-state index in [1.165, 1.54) is 25.0 Å². The van der Waals surface area contributed by atoms with Crippen LogP contribution in [0.5, 0.6) is 0 Å². The number of halogens is 1. The van der Waals surface area contributed by atoms with Crippen LogP contribution in [-0.4, -0.2) is 29.9 Å². The highest BCUT2D eigenvalue weighted by Gasteiger charge is 2.20. The molecule has 1 aliphatic heterocycles. The van der Waals surface area contributed by atoms with Crippen LogP contribution in [-0.2, 0) is 11.3 Å². The smallest absolute Gasteiger partial charge is 0.239 e. The van der Waals surface area contributed by atoms with E-state index in [0.717, 1.165) is 31.5 Å². The van der Waals surface area contributed by atoms with E-state index in [1.54, 1.807) is 6.07 Å². The Kier molecular flexibility index (Phi) is 5.53. The van der Waals surface area contributed by atoms with Crippen LogP contribution in [0.1, 0.15) is 38.2 Å². The average Bonchev–Trinajstić information content (AvgIpc) is 2.73. The Morgan fingerprint density at radius 1 is 1.30 bits per heavy atom. The van der Waals surface area contributed by atoms with Crippen molar-refractivity contribution < 1.29 is 9.18 Å². The van der Waals surface area contributed by atoms with Gasteiger partial charge in [-0.2, -0.15) is 0 Å². The Bertz CT molecular complexity index is 442. The van der Waals surface area contributed by atoms with Gasteiger partial charge in [-0.25, -0.2) is 4.39 Å². The zero-order valence-electron chi connectivity index (χ0n) is 12.1. The van der Waals surface area contributed by atoms with E-state index < -0.39 is 0 Å². The molecule has 1 aliphatic rings. The van der Waals surface area contributed by atoms with Gasteiger partial charge in [-0.1, -0.05) is 25.0 Å². The number of amides is 1. The number of carbonyl (C=O) groups is 1. The Labute approximate surface area is 120 Å². The molecule has 1 amide bonds. The van der Waals surface area contributed by atoms with Gasteiger partial charge in [0.25, 0.3) is 0 Å². The van der Waals surface area contributed by atoms with E-state index in [2.05, 4.69) is 5.32 Å². The molecule has 1 aromatic carbocycles. The fourth-order valence-electron chi connectivity index (χ4n) is 2.57. The molecule has 1 saturated heterocycles. The maximum atomic E-state index is 13.1. The zero-order chi connectivity index (χ0) is 14.4. The quantitative estimate of drug-likeness (QED) is 0.918. The summed E-state index contributed by atoms with van der Waals surface area (Å²) in [5.74, 6) is -0.0842. The Balaban J connectivity index is 1.84. The molecule has 4 heteroatoms. The number of likely N-dealkylation sites (tertiary alicyclic amines) is 1. The molecule has 2 rings (SSSR count). The number of hydrogen-bond donors (Lipinski definition) is 1. The Morgan fingerprint density at radius 3 is 2.65 bits per heavy atom. The van der Waals surface area contributed by atoms with Gasteiger partial charge < -0.3 is 10.2 Å². The lowest BCUT2D eigenvalue weighted by atomic mass is 10.2. The van der Waals surface area contributed by atoms with Gasteiger partial charge in [-0.15, -0.1) is 0 Å². The summed E-state index contributed by atoms with van der Waals surface area (Å²) in [6, 6.07) is 6.24. The molecule has 3 nitrogen and oxygen atoms in total. The van der Waals surface area contributed by atoms with Crippen molar-refractivity contribution in [3.8, 4) is 0 Å². The number of nitrogens with one attached hydrogen (secondary N) is 1. The summed E-state index contributed by atoms with van der Waals surface area (Å²) in [6.07, 6.45) is 4.63. The molecule has 110 valence electrons. The van der Waals surface area contributed by atoms with Crippen LogP contribution < -0.4 is 5.32 Å². The number of carbonyl (C=O) groups excluding carboxylic acids is 1. The molecule has 0 saturated carbocycles. The van der Waals surface area contributed by atoms with Gasteiger partial charge in [-0.05, 0) is 37.5 Å². The van der Waals surface area contributed by atoms with Gasteiger partial charge in [0, 0.05) is 19.6 Å². The minimum Gasteiger partial charge on any atom is -0.341 e. The molecule has 1 aromatic rings. The van der Waals surface area contributed by atoms with Gasteiger partial charge in [0.05, 0.1) is 6.04 Å². The van der Waals surface area contributed by atoms with Crippen molar-refractivity contribution in [2.75, 3.05) is 13.1 Å². The van der Waals surface area contributed by atoms with E-state index in [9.17, 15) is 9.18 Å². The van der Waals surface area contributed by atoms with Gasteiger partial charge >= 0.3 is 0 Å². The summed E-state index contributed by atoms with van der Waals surface area (Å²) in [7, 11) is 0. The van der Waals surface area contributed by atoms with Crippen LogP contribution in [0.3, 0.4) is 0 Å². The van der Waals surface area contributed by atoms with Crippen LogP contribution in [0.25, 0.3) is 0 Å². The third-order valence-corrected chi connectivity index (χ3v) is 3.79. The summed E-state index contributed by atoms with van der Waals surface area (Å²) < 4.78 is 13.1. The summed E-state index contributed by atoms with van der Waals surface area (Å²) in [5, 5.41) is 3.19. The summed E-state index contributed by atoms with van der Waals surface area (Å²) in [5.41, 5.74) is 0.862. The fourth-order valence-corrected chi connectivity index (χ4v) is 2.57. The third kappa shape index (κ3) is 4.30. The van der Waals surface area contributed by atoms with Crippen molar-refractivity contribution >= 4 is 5.91 Å². The van der Waals surface area contributed by atoms with Crippen LogP contribution in [0, 0.1) is 5.82 Å². The zero-order valence-corrected chi connectivity index (χ0v) is 12.1. The first-order valence-corrected chi connectivity index (χ1v) is 7.43. The molecule has 1 fully saturated rings. The third-order valence-electron chi connectivity index (χ3n) is 3.79. The molecule has 1 unspecified atom stereocenters. The highest BCUT2D eigenvalue weighted by Crippen LogP contribution is 2.11. The van der Waals surface area contributed by atoms with Gasteiger partial charge in [0.15, 0.2) is 0 Å². The summed E-state index contributed by atoms with van der Waals surface area (Å²) in [6.45, 7) is 4.13. The van der Waals surface area contributed by atoms with Gasteiger partial charge in [-0.3, -0.25) is 4.79 Å². The van der Waals surface area contributed by atoms with Crippen molar-refractivity contribution in [1.29, 1.82) is 0 Å². The van der Waals surface area contributed by atoms with E-state index in [4.69, 9.17) is 0 Å². The number of hydrogen-bond acceptors (Lipinski definition) is 2. The molecule has 20 heavy (non-hydrogen) atoms. The topological polar surface area (TPSA) is 32.3 Å². The lowest BCUT2D eigenvalue weighted by Gasteiger charge is -2.24. The second-order valence-corrected chi connectivity index (χ2v) is 5.47. The molecule has 0 aliphatic carbocycles. The van der Waals surface area contributed by atoms with Crippen LogP contribution in [0.15, 0.2) is 24.3 Å². The Hall–Kier alpha value is -1.42. The normalized spacial score (nSPS) is 17.6. The van der Waals surface area contributed by atoms with E-state index in [0.29, 0.717) is 6.54 Å². The van der Waals surface area contributed by atoms with Crippen molar-refractivity contribution in [1.82, 2.24) is 10.2 Å². The van der Waals surface area contributed by atoms with Crippen LogP contribution >= 0.6 is 0 Å². The highest BCUT2D eigenvalue weighted by atomic mass is 19.1. The molecule has 1 N–H and O–H groups in total. The first-order valence-electron chi connectivity index (χ1n) is 7.43. The van der Waals surface area contributed by atoms with Crippen molar-refractivity contribution in [2.45, 2.75) is 45.2 Å².